The first kappa shape index (κ1) is 24.6. The van der Waals surface area contributed by atoms with Crippen molar-refractivity contribution in [3.05, 3.63) is 150 Å². The van der Waals surface area contributed by atoms with Crippen LogP contribution in [0.5, 0.6) is 0 Å². The van der Waals surface area contributed by atoms with E-state index in [2.05, 4.69) is 146 Å². The first-order chi connectivity index (χ1) is 21.3. The molecule has 0 spiro atoms. The molecule has 0 bridgehead atoms. The van der Waals surface area contributed by atoms with Gasteiger partial charge in [0, 0.05) is 15.0 Å². The molecule has 8 aromatic rings. The van der Waals surface area contributed by atoms with Crippen LogP contribution in [0.2, 0.25) is 0 Å². The molecular formula is C42H28S. The van der Waals surface area contributed by atoms with Crippen molar-refractivity contribution in [3.8, 4) is 33.4 Å². The molecule has 1 heterocycles. The van der Waals surface area contributed by atoms with Crippen LogP contribution < -0.4 is 0 Å². The van der Waals surface area contributed by atoms with Crippen LogP contribution in [0.25, 0.3) is 81.9 Å². The molecule has 0 N–H and O–H groups in total. The number of fused-ring (bicyclic) bond motifs is 6. The lowest BCUT2D eigenvalue weighted by molar-refractivity contribution is 1.02. The second-order valence-electron chi connectivity index (χ2n) is 11.5. The van der Waals surface area contributed by atoms with Gasteiger partial charge >= 0.3 is 0 Å². The van der Waals surface area contributed by atoms with E-state index in [4.69, 9.17) is 0 Å². The van der Waals surface area contributed by atoms with E-state index in [1.54, 1.807) is 0 Å². The molecule has 0 aliphatic heterocycles. The van der Waals surface area contributed by atoms with E-state index in [0.717, 1.165) is 12.8 Å². The molecule has 202 valence electrons. The summed E-state index contributed by atoms with van der Waals surface area (Å²) in [5.41, 5.74) is 9.10. The van der Waals surface area contributed by atoms with Gasteiger partial charge in [-0.05, 0) is 102 Å². The number of benzene rings is 7. The zero-order valence-corrected chi connectivity index (χ0v) is 24.5. The van der Waals surface area contributed by atoms with Gasteiger partial charge in [-0.15, -0.1) is 11.3 Å². The summed E-state index contributed by atoms with van der Waals surface area (Å²) in [6, 6.07) is 49.5. The third-order valence-corrected chi connectivity index (χ3v) is 10.3. The van der Waals surface area contributed by atoms with Crippen molar-refractivity contribution in [3.63, 3.8) is 0 Å². The van der Waals surface area contributed by atoms with Crippen molar-refractivity contribution in [2.75, 3.05) is 0 Å². The third-order valence-electron chi connectivity index (χ3n) is 9.10. The Morgan fingerprint density at radius 1 is 0.465 bits per heavy atom. The maximum absolute atomic E-state index is 2.44. The highest BCUT2D eigenvalue weighted by Gasteiger charge is 2.20. The van der Waals surface area contributed by atoms with Gasteiger partial charge in [-0.1, -0.05) is 127 Å². The van der Waals surface area contributed by atoms with Gasteiger partial charge in [-0.2, -0.15) is 0 Å². The standard InChI is InChI=1S/C42H28S/c1-2-12-28-25-29(22-21-27(28)11-1)31-13-3-4-15-33(31)42-36-18-7-5-16-34(36)41(35-17-6-8-19-37(35)42)30-23-24-40-38(26-30)32-14-9-10-20-39(32)43-40/h1-9,11-19,21-26H,10,20H2. The molecule has 1 aliphatic carbocycles. The fourth-order valence-electron chi connectivity index (χ4n) is 7.15. The summed E-state index contributed by atoms with van der Waals surface area (Å²) in [6.45, 7) is 0. The molecule has 0 radical (unpaired) electrons. The maximum atomic E-state index is 2.44. The highest BCUT2D eigenvalue weighted by molar-refractivity contribution is 7.19. The average Bonchev–Trinajstić information content (AvgIpc) is 3.45. The summed E-state index contributed by atoms with van der Waals surface area (Å²) in [7, 11) is 0. The molecule has 9 rings (SSSR count). The van der Waals surface area contributed by atoms with Crippen molar-refractivity contribution in [2.24, 2.45) is 0 Å². The van der Waals surface area contributed by atoms with Gasteiger partial charge < -0.3 is 0 Å². The van der Waals surface area contributed by atoms with E-state index in [0.29, 0.717) is 0 Å². The third kappa shape index (κ3) is 3.89. The van der Waals surface area contributed by atoms with Gasteiger partial charge in [0.25, 0.3) is 0 Å². The molecule has 0 amide bonds. The molecular weight excluding hydrogens is 537 g/mol. The van der Waals surface area contributed by atoms with Gasteiger partial charge in [0.2, 0.25) is 0 Å². The van der Waals surface area contributed by atoms with Crippen LogP contribution >= 0.6 is 11.3 Å². The van der Waals surface area contributed by atoms with E-state index in [1.165, 1.54) is 86.2 Å². The van der Waals surface area contributed by atoms with Gasteiger partial charge in [0.05, 0.1) is 0 Å². The predicted octanol–water partition coefficient (Wildman–Crippen LogP) is 12.3. The number of rotatable bonds is 3. The molecule has 0 nitrogen and oxygen atoms in total. The van der Waals surface area contributed by atoms with E-state index < -0.39 is 0 Å². The summed E-state index contributed by atoms with van der Waals surface area (Å²) in [4.78, 5) is 1.52. The van der Waals surface area contributed by atoms with Crippen LogP contribution in [0.3, 0.4) is 0 Å². The Morgan fingerprint density at radius 2 is 1.09 bits per heavy atom. The van der Waals surface area contributed by atoms with Crippen LogP contribution in [-0.2, 0) is 6.42 Å². The summed E-state index contributed by atoms with van der Waals surface area (Å²) < 4.78 is 1.38. The molecule has 1 aromatic heterocycles. The Labute approximate surface area is 255 Å². The minimum absolute atomic E-state index is 1.14. The quantitative estimate of drug-likeness (QED) is 0.187. The van der Waals surface area contributed by atoms with Crippen LogP contribution in [0, 0.1) is 0 Å². The summed E-state index contributed by atoms with van der Waals surface area (Å²) in [6.07, 6.45) is 6.96. The largest absolute Gasteiger partial charge is 0.140 e. The van der Waals surface area contributed by atoms with Crippen LogP contribution in [-0.4, -0.2) is 0 Å². The molecule has 7 aromatic carbocycles. The van der Waals surface area contributed by atoms with Crippen molar-refractivity contribution in [1.82, 2.24) is 0 Å². The molecule has 1 heteroatoms. The molecule has 0 saturated carbocycles. The summed E-state index contributed by atoms with van der Waals surface area (Å²) in [5, 5.41) is 9.08. The van der Waals surface area contributed by atoms with Crippen molar-refractivity contribution < 1.29 is 0 Å². The number of hydrogen-bond acceptors (Lipinski definition) is 1. The second kappa shape index (κ2) is 9.80. The van der Waals surface area contributed by atoms with E-state index in [-0.39, 0.29) is 0 Å². The number of hydrogen-bond donors (Lipinski definition) is 0. The SMILES string of the molecule is C1=Cc2c(sc3ccc(-c4c5ccccc5c(-c5ccccc5-c5ccc6ccccc6c5)c5ccccc45)cc23)CC1. The zero-order valence-electron chi connectivity index (χ0n) is 23.7. The monoisotopic (exact) mass is 564 g/mol. The average molecular weight is 565 g/mol. The Morgan fingerprint density at radius 3 is 1.86 bits per heavy atom. The molecule has 43 heavy (non-hydrogen) atoms. The Kier molecular flexibility index (Phi) is 5.61. The minimum Gasteiger partial charge on any atom is -0.140 e. The topological polar surface area (TPSA) is 0 Å². The molecule has 1 aliphatic rings. The first-order valence-corrected chi connectivity index (χ1v) is 15.9. The lowest BCUT2D eigenvalue weighted by Gasteiger charge is -2.20. The van der Waals surface area contributed by atoms with E-state index >= 15 is 0 Å². The van der Waals surface area contributed by atoms with E-state index in [9.17, 15) is 0 Å². The van der Waals surface area contributed by atoms with Gasteiger partial charge in [0.1, 0.15) is 0 Å². The number of aryl methyl sites for hydroxylation is 1. The normalized spacial score (nSPS) is 12.8. The fourth-order valence-corrected chi connectivity index (χ4v) is 8.33. The Balaban J connectivity index is 1.34. The first-order valence-electron chi connectivity index (χ1n) is 15.1. The number of allylic oxidation sites excluding steroid dienone is 1. The Bertz CT molecular complexity index is 2340. The molecule has 0 fully saturated rings. The Hall–Kier alpha value is -4.98. The van der Waals surface area contributed by atoms with Gasteiger partial charge in [-0.25, -0.2) is 0 Å². The highest BCUT2D eigenvalue weighted by Crippen LogP contribution is 2.47. The minimum atomic E-state index is 1.14. The van der Waals surface area contributed by atoms with Crippen molar-refractivity contribution in [1.29, 1.82) is 0 Å². The van der Waals surface area contributed by atoms with Gasteiger partial charge in [0.15, 0.2) is 0 Å². The molecule has 0 saturated heterocycles. The lowest BCUT2D eigenvalue weighted by atomic mass is 9.83. The van der Waals surface area contributed by atoms with Crippen LogP contribution in [0.4, 0.5) is 0 Å². The summed E-state index contributed by atoms with van der Waals surface area (Å²) >= 11 is 1.96. The highest BCUT2D eigenvalue weighted by atomic mass is 32.1. The predicted molar refractivity (Wildman–Crippen MR) is 188 cm³/mol. The van der Waals surface area contributed by atoms with E-state index in [1.807, 2.05) is 11.3 Å². The van der Waals surface area contributed by atoms with Crippen LogP contribution in [0.1, 0.15) is 16.9 Å². The molecule has 0 unspecified atom stereocenters. The smallest absolute Gasteiger partial charge is 0.0352 e. The number of thiophene rings is 1. The van der Waals surface area contributed by atoms with Crippen molar-refractivity contribution >= 4 is 59.8 Å². The van der Waals surface area contributed by atoms with Crippen LogP contribution in [0.15, 0.2) is 140 Å². The molecule has 0 atom stereocenters. The van der Waals surface area contributed by atoms with Crippen molar-refractivity contribution in [2.45, 2.75) is 12.8 Å². The maximum Gasteiger partial charge on any atom is 0.0352 e. The zero-order chi connectivity index (χ0) is 28.3. The van der Waals surface area contributed by atoms with Gasteiger partial charge in [-0.3, -0.25) is 0 Å². The lowest BCUT2D eigenvalue weighted by Crippen LogP contribution is -1.93. The summed E-state index contributed by atoms with van der Waals surface area (Å²) in [5.74, 6) is 0. The second-order valence-corrected chi connectivity index (χ2v) is 12.7. The fraction of sp³-hybridized carbons (Fsp3) is 0.0476.